The minimum atomic E-state index is 0.0192. The molecule has 0 radical (unpaired) electrons. The maximum absolute atomic E-state index is 5.04. The van der Waals surface area contributed by atoms with Crippen LogP contribution in [-0.4, -0.2) is 9.78 Å². The van der Waals surface area contributed by atoms with Crippen LogP contribution in [-0.2, 0) is 10.8 Å². The van der Waals surface area contributed by atoms with Crippen LogP contribution in [0.3, 0.4) is 0 Å². The summed E-state index contributed by atoms with van der Waals surface area (Å²) in [6, 6.07) is 11.1. The van der Waals surface area contributed by atoms with Crippen molar-refractivity contribution in [3.8, 4) is 11.1 Å². The smallest absolute Gasteiger partial charge is 0.0759 e. The molecule has 0 fully saturated rings. The second-order valence-electron chi connectivity index (χ2n) is 8.48. The van der Waals surface area contributed by atoms with Crippen LogP contribution in [0.25, 0.3) is 11.1 Å². The highest BCUT2D eigenvalue weighted by atomic mass is 15.3. The van der Waals surface area contributed by atoms with Gasteiger partial charge in [0.1, 0.15) is 0 Å². The standard InChI is InChI=1S/C20H30N2/c1-14(2)22-18(20(6,7)8)16(15-12-10-9-11-13-15)17(21-22)19(3,4)5/h9-14H,1-8H3. The average molecular weight is 298 g/mol. The fourth-order valence-corrected chi connectivity index (χ4v) is 2.93. The third kappa shape index (κ3) is 3.11. The van der Waals surface area contributed by atoms with Gasteiger partial charge in [0.25, 0.3) is 0 Å². The van der Waals surface area contributed by atoms with Crippen LogP contribution in [0.5, 0.6) is 0 Å². The van der Waals surface area contributed by atoms with Crippen LogP contribution in [0.4, 0.5) is 0 Å². The molecule has 0 unspecified atom stereocenters. The summed E-state index contributed by atoms with van der Waals surface area (Å²) in [5, 5.41) is 5.04. The number of nitrogens with zero attached hydrogens (tertiary/aromatic N) is 2. The van der Waals surface area contributed by atoms with E-state index >= 15 is 0 Å². The molecule has 0 N–H and O–H groups in total. The lowest BCUT2D eigenvalue weighted by Crippen LogP contribution is -2.20. The van der Waals surface area contributed by atoms with Gasteiger partial charge in [-0.25, -0.2) is 0 Å². The molecule has 2 heteroatoms. The topological polar surface area (TPSA) is 17.8 Å². The van der Waals surface area contributed by atoms with Gasteiger partial charge in [0, 0.05) is 22.4 Å². The molecular formula is C20H30N2. The third-order valence-corrected chi connectivity index (χ3v) is 3.88. The normalized spacial score (nSPS) is 13.0. The Morgan fingerprint density at radius 2 is 1.41 bits per heavy atom. The van der Waals surface area contributed by atoms with E-state index in [0.29, 0.717) is 6.04 Å². The van der Waals surface area contributed by atoms with Crippen molar-refractivity contribution in [1.82, 2.24) is 9.78 Å². The number of hydrogen-bond donors (Lipinski definition) is 0. The molecule has 0 aliphatic heterocycles. The molecule has 2 aromatic rings. The van der Waals surface area contributed by atoms with Gasteiger partial charge in [-0.1, -0.05) is 71.9 Å². The highest BCUT2D eigenvalue weighted by molar-refractivity contribution is 5.71. The first-order chi connectivity index (χ1) is 10.0. The van der Waals surface area contributed by atoms with E-state index in [1.165, 1.54) is 22.5 Å². The van der Waals surface area contributed by atoms with Gasteiger partial charge in [-0.05, 0) is 19.4 Å². The lowest BCUT2D eigenvalue weighted by atomic mass is 9.81. The lowest BCUT2D eigenvalue weighted by molar-refractivity contribution is 0.438. The van der Waals surface area contributed by atoms with Crippen molar-refractivity contribution in [3.63, 3.8) is 0 Å². The van der Waals surface area contributed by atoms with Gasteiger partial charge in [0.15, 0.2) is 0 Å². The molecule has 0 bridgehead atoms. The van der Waals surface area contributed by atoms with Gasteiger partial charge < -0.3 is 0 Å². The molecule has 0 spiro atoms. The van der Waals surface area contributed by atoms with Crippen LogP contribution < -0.4 is 0 Å². The van der Waals surface area contributed by atoms with Crippen molar-refractivity contribution >= 4 is 0 Å². The molecule has 0 amide bonds. The van der Waals surface area contributed by atoms with Crippen molar-refractivity contribution in [2.45, 2.75) is 72.3 Å². The van der Waals surface area contributed by atoms with Crippen LogP contribution in [0.15, 0.2) is 30.3 Å². The van der Waals surface area contributed by atoms with Crippen molar-refractivity contribution in [1.29, 1.82) is 0 Å². The minimum Gasteiger partial charge on any atom is -0.266 e. The van der Waals surface area contributed by atoms with Crippen LogP contribution in [0.2, 0.25) is 0 Å². The highest BCUT2D eigenvalue weighted by Gasteiger charge is 2.33. The molecule has 22 heavy (non-hydrogen) atoms. The molecule has 120 valence electrons. The molecule has 0 saturated heterocycles. The third-order valence-electron chi connectivity index (χ3n) is 3.88. The summed E-state index contributed by atoms with van der Waals surface area (Å²) in [5.41, 5.74) is 5.17. The first kappa shape index (κ1) is 16.8. The van der Waals surface area contributed by atoms with Crippen molar-refractivity contribution in [2.75, 3.05) is 0 Å². The summed E-state index contributed by atoms with van der Waals surface area (Å²) >= 11 is 0. The Balaban J connectivity index is 2.88. The Morgan fingerprint density at radius 3 is 1.82 bits per heavy atom. The van der Waals surface area contributed by atoms with Crippen LogP contribution in [0, 0.1) is 0 Å². The van der Waals surface area contributed by atoms with E-state index in [1.54, 1.807) is 0 Å². The zero-order valence-electron chi connectivity index (χ0n) is 15.4. The number of benzene rings is 1. The largest absolute Gasteiger partial charge is 0.266 e. The summed E-state index contributed by atoms with van der Waals surface area (Å²) in [6.07, 6.45) is 0. The Bertz CT molecular complexity index is 635. The Kier molecular flexibility index (Phi) is 4.25. The number of hydrogen-bond acceptors (Lipinski definition) is 1. The van der Waals surface area contributed by atoms with Gasteiger partial charge in [-0.15, -0.1) is 0 Å². The molecule has 1 heterocycles. The monoisotopic (exact) mass is 298 g/mol. The Morgan fingerprint density at radius 1 is 0.864 bits per heavy atom. The molecule has 2 rings (SSSR count). The van der Waals surface area contributed by atoms with E-state index < -0.39 is 0 Å². The summed E-state index contributed by atoms with van der Waals surface area (Å²) in [6.45, 7) is 18.0. The van der Waals surface area contributed by atoms with Crippen molar-refractivity contribution in [2.24, 2.45) is 0 Å². The maximum atomic E-state index is 5.04. The van der Waals surface area contributed by atoms with Gasteiger partial charge in [0.2, 0.25) is 0 Å². The predicted octanol–water partition coefficient (Wildman–Crippen LogP) is 5.73. The fraction of sp³-hybridized carbons (Fsp3) is 0.550. The van der Waals surface area contributed by atoms with Gasteiger partial charge in [0.05, 0.1) is 11.4 Å². The second-order valence-corrected chi connectivity index (χ2v) is 8.48. The Labute approximate surface area is 135 Å². The fourth-order valence-electron chi connectivity index (χ4n) is 2.93. The van der Waals surface area contributed by atoms with E-state index in [1.807, 2.05) is 0 Å². The van der Waals surface area contributed by atoms with E-state index in [4.69, 9.17) is 5.10 Å². The minimum absolute atomic E-state index is 0.0192. The lowest BCUT2D eigenvalue weighted by Gasteiger charge is -2.25. The zero-order chi connectivity index (χ0) is 16.7. The van der Waals surface area contributed by atoms with Crippen molar-refractivity contribution in [3.05, 3.63) is 41.7 Å². The first-order valence-electron chi connectivity index (χ1n) is 8.22. The van der Waals surface area contributed by atoms with Crippen LogP contribution in [0.1, 0.15) is 72.8 Å². The van der Waals surface area contributed by atoms with E-state index in [2.05, 4.69) is 90.4 Å². The second kappa shape index (κ2) is 5.57. The molecule has 1 aromatic carbocycles. The van der Waals surface area contributed by atoms with E-state index in [0.717, 1.165) is 0 Å². The van der Waals surface area contributed by atoms with Gasteiger partial charge >= 0.3 is 0 Å². The summed E-state index contributed by atoms with van der Waals surface area (Å²) in [4.78, 5) is 0. The van der Waals surface area contributed by atoms with E-state index in [9.17, 15) is 0 Å². The van der Waals surface area contributed by atoms with E-state index in [-0.39, 0.29) is 10.8 Å². The first-order valence-corrected chi connectivity index (χ1v) is 8.22. The molecule has 2 nitrogen and oxygen atoms in total. The number of rotatable bonds is 2. The molecule has 0 atom stereocenters. The molecule has 0 aliphatic carbocycles. The zero-order valence-corrected chi connectivity index (χ0v) is 15.4. The number of aromatic nitrogens is 2. The van der Waals surface area contributed by atoms with Gasteiger partial charge in [-0.2, -0.15) is 5.10 Å². The summed E-state index contributed by atoms with van der Waals surface area (Å²) in [7, 11) is 0. The van der Waals surface area contributed by atoms with Crippen molar-refractivity contribution < 1.29 is 0 Å². The SMILES string of the molecule is CC(C)n1nc(C(C)(C)C)c(-c2ccccc2)c1C(C)(C)C. The highest BCUT2D eigenvalue weighted by Crippen LogP contribution is 2.41. The molecule has 0 aliphatic rings. The predicted molar refractivity (Wildman–Crippen MR) is 95.4 cm³/mol. The van der Waals surface area contributed by atoms with Gasteiger partial charge in [-0.3, -0.25) is 4.68 Å². The quantitative estimate of drug-likeness (QED) is 0.692. The molecular weight excluding hydrogens is 268 g/mol. The average Bonchev–Trinajstić information content (AvgIpc) is 2.80. The van der Waals surface area contributed by atoms with Crippen LogP contribution >= 0.6 is 0 Å². The molecule has 1 aromatic heterocycles. The molecule has 0 saturated carbocycles. The maximum Gasteiger partial charge on any atom is 0.0759 e. The summed E-state index contributed by atoms with van der Waals surface area (Å²) in [5.74, 6) is 0. The summed E-state index contributed by atoms with van der Waals surface area (Å²) < 4.78 is 2.23. The Hall–Kier alpha value is -1.57.